The summed E-state index contributed by atoms with van der Waals surface area (Å²) in [7, 11) is 0. The maximum Gasteiger partial charge on any atom is 0.164 e. The number of ether oxygens (including phenoxy) is 14. The molecule has 0 aliphatic carbocycles. The number of anilines is 1. The maximum atomic E-state index is 6.43. The van der Waals surface area contributed by atoms with Gasteiger partial charge in [0, 0.05) is 23.9 Å². The zero-order chi connectivity index (χ0) is 38.4. The summed E-state index contributed by atoms with van der Waals surface area (Å²) in [5.74, 6) is -3.96. The van der Waals surface area contributed by atoms with Crippen molar-refractivity contribution in [2.24, 2.45) is 0 Å². The average Bonchev–Trinajstić information content (AvgIpc) is 3.84. The predicted molar refractivity (Wildman–Crippen MR) is 187 cm³/mol. The summed E-state index contributed by atoms with van der Waals surface area (Å²) in [6.07, 6.45) is -4.67. The van der Waals surface area contributed by atoms with Crippen molar-refractivity contribution in [2.75, 3.05) is 32.2 Å². The average molecular weight is 754 g/mol. The van der Waals surface area contributed by atoms with E-state index in [1.807, 2.05) is 83.1 Å². The molecule has 2 N–H and O–H groups in total. The minimum Gasteiger partial charge on any atom is -0.491 e. The van der Waals surface area contributed by atoms with Crippen LogP contribution in [0.1, 0.15) is 83.1 Å². The predicted octanol–water partition coefficient (Wildman–Crippen LogP) is 4.41. The molecule has 15 heteroatoms. The Bertz CT molecular complexity index is 1380. The molecule has 10 atom stereocenters. The van der Waals surface area contributed by atoms with Gasteiger partial charge in [0.1, 0.15) is 85.8 Å². The molecule has 6 aliphatic heterocycles. The number of nitrogen functional groups attached to an aromatic ring is 1. The lowest BCUT2D eigenvalue weighted by Crippen LogP contribution is -2.48. The van der Waals surface area contributed by atoms with Crippen LogP contribution in [0.15, 0.2) is 18.2 Å². The Hall–Kier alpha value is -1.86. The summed E-state index contributed by atoms with van der Waals surface area (Å²) in [5.41, 5.74) is 6.81. The van der Waals surface area contributed by atoms with Gasteiger partial charge in [0.15, 0.2) is 34.7 Å². The lowest BCUT2D eigenvalue weighted by atomic mass is 9.99. The van der Waals surface area contributed by atoms with Crippen LogP contribution >= 0.6 is 0 Å². The van der Waals surface area contributed by atoms with Gasteiger partial charge >= 0.3 is 0 Å². The highest BCUT2D eigenvalue weighted by molar-refractivity contribution is 5.50. The summed E-state index contributed by atoms with van der Waals surface area (Å²) in [6.45, 7) is 23.5. The van der Waals surface area contributed by atoms with Gasteiger partial charge in [-0.15, -0.1) is 0 Å². The Labute approximate surface area is 312 Å². The van der Waals surface area contributed by atoms with Crippen molar-refractivity contribution in [3.8, 4) is 11.5 Å². The summed E-state index contributed by atoms with van der Waals surface area (Å²) >= 11 is 0. The Balaban J connectivity index is 1.02. The molecule has 300 valence electrons. The van der Waals surface area contributed by atoms with E-state index in [-0.39, 0.29) is 25.4 Å². The first-order valence-electron chi connectivity index (χ1n) is 18.7. The van der Waals surface area contributed by atoms with Crippen LogP contribution in [-0.2, 0) is 56.8 Å². The lowest BCUT2D eigenvalue weighted by molar-refractivity contribution is -0.178. The first-order valence-corrected chi connectivity index (χ1v) is 18.7. The number of hydrogen-bond donors (Lipinski definition) is 1. The molecule has 6 saturated heterocycles. The van der Waals surface area contributed by atoms with E-state index in [1.165, 1.54) is 0 Å². The van der Waals surface area contributed by atoms with Crippen LogP contribution in [0.25, 0.3) is 0 Å². The highest BCUT2D eigenvalue weighted by Crippen LogP contribution is 2.44. The number of nitrogens with two attached hydrogens (primary N) is 1. The molecule has 0 amide bonds. The zero-order valence-electron chi connectivity index (χ0n) is 33.1. The second-order valence-corrected chi connectivity index (χ2v) is 17.5. The normalized spacial score (nSPS) is 40.5. The molecule has 6 aliphatic rings. The Morgan fingerprint density at radius 3 is 1.15 bits per heavy atom. The van der Waals surface area contributed by atoms with E-state index >= 15 is 0 Å². The molecule has 0 spiro atoms. The minimum atomic E-state index is -0.890. The summed E-state index contributed by atoms with van der Waals surface area (Å²) in [6, 6.07) is 5.25. The van der Waals surface area contributed by atoms with Gasteiger partial charge in [-0.25, -0.2) is 0 Å². The fourth-order valence-corrected chi connectivity index (χ4v) is 8.13. The molecule has 0 saturated carbocycles. The molecule has 6 heterocycles. The monoisotopic (exact) mass is 753 g/mol. The van der Waals surface area contributed by atoms with Gasteiger partial charge in [0.25, 0.3) is 0 Å². The van der Waals surface area contributed by atoms with Crippen molar-refractivity contribution in [1.29, 1.82) is 0 Å². The summed E-state index contributed by atoms with van der Waals surface area (Å²) in [5, 5.41) is 0. The fraction of sp³-hybridized carbons (Fsp3) is 0.842. The first-order chi connectivity index (χ1) is 24.5. The van der Waals surface area contributed by atoms with E-state index in [0.717, 1.165) is 0 Å². The SMILES string of the molecule is CC1(C)OCC(C2OC(C)(C)OC2[C@H]2OC(C)(C)OC2COc2cc(N)cc(OC[C@H]3OC(C)(C)O[C@H]3[C@@H]3OC(C)(C)O[C@H]3[C@@H]3COC(C)(C)O3)c2)O1. The van der Waals surface area contributed by atoms with Crippen molar-refractivity contribution < 1.29 is 66.3 Å². The van der Waals surface area contributed by atoms with Gasteiger partial charge in [0.2, 0.25) is 0 Å². The van der Waals surface area contributed by atoms with Crippen molar-refractivity contribution >= 4 is 5.69 Å². The molecule has 6 fully saturated rings. The van der Waals surface area contributed by atoms with Crippen LogP contribution in [0.4, 0.5) is 5.69 Å². The van der Waals surface area contributed by atoms with E-state index < -0.39 is 83.6 Å². The summed E-state index contributed by atoms with van der Waals surface area (Å²) in [4.78, 5) is 0. The fourth-order valence-electron chi connectivity index (χ4n) is 8.13. The molecule has 7 rings (SSSR count). The molecule has 1 aromatic rings. The van der Waals surface area contributed by atoms with E-state index in [2.05, 4.69) is 0 Å². The highest BCUT2D eigenvalue weighted by Gasteiger charge is 2.59. The standard InChI is InChI=1S/C38H59NO14/c1-33(2)42-18-25(44-33)29-31(52-37(9,10)50-29)27-23(46-35(5,6)48-27)16-40-21-13-20(39)14-22(15-21)41-17-24-28(49-36(7,8)47-24)32-30(51-38(11,12)53-32)26-19-43-34(3,4)45-26/h13-15,23-32H,16-19,39H2,1-12H3/t23-,24?,25+,26?,27-,28+,29+,30?,31+,32?/m1/s1. The maximum absolute atomic E-state index is 6.43. The second-order valence-electron chi connectivity index (χ2n) is 17.5. The number of benzene rings is 1. The van der Waals surface area contributed by atoms with Gasteiger partial charge < -0.3 is 72.0 Å². The van der Waals surface area contributed by atoms with Crippen molar-refractivity contribution in [3.63, 3.8) is 0 Å². The molecule has 0 radical (unpaired) electrons. The molecule has 0 bridgehead atoms. The molecular formula is C38H59NO14. The highest BCUT2D eigenvalue weighted by atomic mass is 16.8. The van der Waals surface area contributed by atoms with Gasteiger partial charge in [0.05, 0.1) is 13.2 Å². The van der Waals surface area contributed by atoms with E-state index in [4.69, 9.17) is 72.0 Å². The Morgan fingerprint density at radius 2 is 0.792 bits per heavy atom. The third kappa shape index (κ3) is 8.92. The summed E-state index contributed by atoms with van der Waals surface area (Å²) < 4.78 is 87.9. The lowest BCUT2D eigenvalue weighted by Gasteiger charge is -2.29. The molecule has 4 unspecified atom stereocenters. The van der Waals surface area contributed by atoms with Crippen LogP contribution in [0.2, 0.25) is 0 Å². The Kier molecular flexibility index (Phi) is 10.2. The van der Waals surface area contributed by atoms with Crippen LogP contribution < -0.4 is 15.2 Å². The molecule has 53 heavy (non-hydrogen) atoms. The minimum absolute atomic E-state index is 0.146. The van der Waals surface area contributed by atoms with Crippen LogP contribution in [-0.4, -0.2) is 122 Å². The van der Waals surface area contributed by atoms with Crippen LogP contribution in [0, 0.1) is 0 Å². The van der Waals surface area contributed by atoms with Crippen LogP contribution in [0.5, 0.6) is 11.5 Å². The van der Waals surface area contributed by atoms with Gasteiger partial charge in [-0.3, -0.25) is 0 Å². The first kappa shape index (κ1) is 39.4. The van der Waals surface area contributed by atoms with E-state index in [1.54, 1.807) is 18.2 Å². The molecule has 15 nitrogen and oxygen atoms in total. The van der Waals surface area contributed by atoms with Crippen molar-refractivity contribution in [1.82, 2.24) is 0 Å². The number of rotatable bonds is 10. The topological polar surface area (TPSA) is 155 Å². The van der Waals surface area contributed by atoms with E-state index in [0.29, 0.717) is 30.4 Å². The molecule has 0 aromatic heterocycles. The molecular weight excluding hydrogens is 694 g/mol. The zero-order valence-corrected chi connectivity index (χ0v) is 33.1. The van der Waals surface area contributed by atoms with Gasteiger partial charge in [-0.1, -0.05) is 0 Å². The van der Waals surface area contributed by atoms with Gasteiger partial charge in [-0.2, -0.15) is 0 Å². The van der Waals surface area contributed by atoms with Gasteiger partial charge in [-0.05, 0) is 83.1 Å². The third-order valence-electron chi connectivity index (χ3n) is 9.94. The number of hydrogen-bond acceptors (Lipinski definition) is 15. The van der Waals surface area contributed by atoms with Crippen LogP contribution in [0.3, 0.4) is 0 Å². The third-order valence-corrected chi connectivity index (χ3v) is 9.94. The smallest absolute Gasteiger partial charge is 0.164 e. The molecule has 1 aromatic carbocycles. The largest absolute Gasteiger partial charge is 0.491 e. The van der Waals surface area contributed by atoms with E-state index in [9.17, 15) is 0 Å². The van der Waals surface area contributed by atoms with Crippen molar-refractivity contribution in [2.45, 2.75) is 179 Å². The van der Waals surface area contributed by atoms with Crippen molar-refractivity contribution in [3.05, 3.63) is 18.2 Å². The second kappa shape index (κ2) is 13.7. The Morgan fingerprint density at radius 1 is 0.453 bits per heavy atom. The quantitative estimate of drug-likeness (QED) is 0.335.